The molecule has 0 saturated carbocycles. The van der Waals surface area contributed by atoms with Gasteiger partial charge in [0.15, 0.2) is 5.82 Å². The maximum atomic E-state index is 12.3. The van der Waals surface area contributed by atoms with Crippen molar-refractivity contribution in [3.63, 3.8) is 0 Å². The minimum Gasteiger partial charge on any atom is -0.308 e. The van der Waals surface area contributed by atoms with Crippen LogP contribution < -0.4 is 16.6 Å². The van der Waals surface area contributed by atoms with Gasteiger partial charge in [-0.2, -0.15) is 0 Å². The average molecular weight is 286 g/mol. The van der Waals surface area contributed by atoms with Crippen LogP contribution in [0, 0.1) is 0 Å². The maximum absolute atomic E-state index is 12.3. The van der Waals surface area contributed by atoms with Gasteiger partial charge in [0.25, 0.3) is 5.91 Å². The number of rotatable bonds is 3. The normalized spacial score (nSPS) is 11.0. The monoisotopic (exact) mass is 286 g/mol. The Morgan fingerprint density at radius 2 is 1.95 bits per heavy atom. The van der Waals surface area contributed by atoms with Gasteiger partial charge in [0.05, 0.1) is 6.20 Å². The third-order valence-corrected chi connectivity index (χ3v) is 2.81. The molecule has 1 amide bonds. The molecule has 0 atom stereocenters. The van der Waals surface area contributed by atoms with Crippen molar-refractivity contribution >= 4 is 17.5 Å². The zero-order valence-corrected chi connectivity index (χ0v) is 12.2. The van der Waals surface area contributed by atoms with E-state index in [1.54, 1.807) is 12.1 Å². The second-order valence-corrected chi connectivity index (χ2v) is 5.57. The summed E-state index contributed by atoms with van der Waals surface area (Å²) in [4.78, 5) is 24.6. The van der Waals surface area contributed by atoms with Crippen LogP contribution in [0.25, 0.3) is 0 Å². The lowest BCUT2D eigenvalue weighted by molar-refractivity contribution is 0.102. The summed E-state index contributed by atoms with van der Waals surface area (Å²) in [5.74, 6) is 5.95. The van der Waals surface area contributed by atoms with E-state index in [0.29, 0.717) is 17.2 Å². The Morgan fingerprint density at radius 1 is 1.19 bits per heavy atom. The molecule has 110 valence electrons. The molecule has 0 bridgehead atoms. The van der Waals surface area contributed by atoms with Crippen LogP contribution in [0.1, 0.15) is 36.8 Å². The molecule has 0 fully saturated rings. The smallest absolute Gasteiger partial charge is 0.257 e. The quantitative estimate of drug-likeness (QED) is 0.586. The molecule has 0 aliphatic rings. The fourth-order valence-electron chi connectivity index (χ4n) is 1.67. The number of hydrogen-bond acceptors (Lipinski definition) is 6. The number of nitrogen functional groups attached to an aromatic ring is 1. The summed E-state index contributed by atoms with van der Waals surface area (Å²) in [7, 11) is 0. The van der Waals surface area contributed by atoms with Gasteiger partial charge in [-0.3, -0.25) is 9.78 Å². The fraction of sp³-hybridized carbons (Fsp3) is 0.286. The van der Waals surface area contributed by atoms with E-state index in [-0.39, 0.29) is 11.3 Å². The van der Waals surface area contributed by atoms with Crippen molar-refractivity contribution in [2.75, 3.05) is 10.7 Å². The van der Waals surface area contributed by atoms with Crippen molar-refractivity contribution in [1.29, 1.82) is 0 Å². The molecule has 0 aliphatic heterocycles. The van der Waals surface area contributed by atoms with Crippen molar-refractivity contribution in [1.82, 2.24) is 15.0 Å². The number of hydrazine groups is 1. The van der Waals surface area contributed by atoms with Gasteiger partial charge in [0.1, 0.15) is 5.82 Å². The van der Waals surface area contributed by atoms with Crippen LogP contribution in [0.3, 0.4) is 0 Å². The number of nitrogens with two attached hydrogens (primary N) is 1. The van der Waals surface area contributed by atoms with E-state index < -0.39 is 0 Å². The molecule has 2 aromatic rings. The topological polar surface area (TPSA) is 106 Å². The van der Waals surface area contributed by atoms with Crippen LogP contribution in [0.2, 0.25) is 0 Å². The first-order valence-corrected chi connectivity index (χ1v) is 6.46. The summed E-state index contributed by atoms with van der Waals surface area (Å²) in [5, 5.41) is 2.68. The predicted octanol–water partition coefficient (Wildman–Crippen LogP) is 1.71. The molecule has 0 saturated heterocycles. The number of carbonyl (C=O) groups is 1. The first-order valence-electron chi connectivity index (χ1n) is 6.46. The van der Waals surface area contributed by atoms with E-state index in [0.717, 1.165) is 5.69 Å². The first-order chi connectivity index (χ1) is 9.90. The van der Waals surface area contributed by atoms with Gasteiger partial charge in [-0.1, -0.05) is 20.8 Å². The number of anilines is 2. The van der Waals surface area contributed by atoms with Gasteiger partial charge in [-0.05, 0) is 12.1 Å². The van der Waals surface area contributed by atoms with Gasteiger partial charge in [-0.25, -0.2) is 15.8 Å². The summed E-state index contributed by atoms with van der Waals surface area (Å²) >= 11 is 0. The van der Waals surface area contributed by atoms with Crippen LogP contribution in [0.4, 0.5) is 11.6 Å². The number of nitrogens with zero attached hydrogens (tertiary/aromatic N) is 3. The number of nitrogens with one attached hydrogen (secondary N) is 2. The van der Waals surface area contributed by atoms with E-state index >= 15 is 0 Å². The number of pyridine rings is 1. The van der Waals surface area contributed by atoms with Gasteiger partial charge in [0, 0.05) is 29.1 Å². The van der Waals surface area contributed by atoms with Crippen molar-refractivity contribution in [3.05, 3.63) is 42.0 Å². The lowest BCUT2D eigenvalue weighted by Gasteiger charge is -2.19. The Morgan fingerprint density at radius 3 is 2.52 bits per heavy atom. The molecular weight excluding hydrogens is 268 g/mol. The molecule has 21 heavy (non-hydrogen) atoms. The predicted molar refractivity (Wildman–Crippen MR) is 80.7 cm³/mol. The summed E-state index contributed by atoms with van der Waals surface area (Å²) in [6.07, 6.45) is 4.53. The second kappa shape index (κ2) is 5.84. The maximum Gasteiger partial charge on any atom is 0.257 e. The number of aromatic nitrogens is 3. The third-order valence-electron chi connectivity index (χ3n) is 2.81. The third kappa shape index (κ3) is 3.73. The Bertz CT molecular complexity index is 636. The molecule has 0 unspecified atom stereocenters. The highest BCUT2D eigenvalue weighted by Crippen LogP contribution is 2.23. The largest absolute Gasteiger partial charge is 0.308 e. The van der Waals surface area contributed by atoms with E-state index in [1.807, 2.05) is 20.8 Å². The van der Waals surface area contributed by atoms with Crippen molar-refractivity contribution in [3.8, 4) is 0 Å². The molecule has 7 heteroatoms. The van der Waals surface area contributed by atoms with Crippen LogP contribution >= 0.6 is 0 Å². The summed E-state index contributed by atoms with van der Waals surface area (Å²) in [6.45, 7) is 6.04. The summed E-state index contributed by atoms with van der Waals surface area (Å²) < 4.78 is 0. The van der Waals surface area contributed by atoms with Gasteiger partial charge in [-0.15, -0.1) is 0 Å². The van der Waals surface area contributed by atoms with Gasteiger partial charge < -0.3 is 10.7 Å². The van der Waals surface area contributed by atoms with Crippen molar-refractivity contribution in [2.45, 2.75) is 26.2 Å². The van der Waals surface area contributed by atoms with E-state index in [1.165, 1.54) is 18.6 Å². The van der Waals surface area contributed by atoms with Gasteiger partial charge in [0.2, 0.25) is 0 Å². The minimum absolute atomic E-state index is 0.200. The fourth-order valence-corrected chi connectivity index (χ4v) is 1.67. The molecule has 2 heterocycles. The molecule has 2 aromatic heterocycles. The molecule has 0 aromatic carbocycles. The lowest BCUT2D eigenvalue weighted by atomic mass is 9.90. The molecule has 4 N–H and O–H groups in total. The van der Waals surface area contributed by atoms with Crippen LogP contribution in [0.15, 0.2) is 30.7 Å². The second-order valence-electron chi connectivity index (χ2n) is 5.57. The number of carbonyl (C=O) groups excluding carboxylic acids is 1. The zero-order valence-electron chi connectivity index (χ0n) is 12.2. The SMILES string of the molecule is CC(C)(C)c1cc(C(=O)Nc2cnccn2)cc(NN)n1. The standard InChI is InChI=1S/C14H18N6O/c1-14(2,3)10-6-9(7-11(18-10)20-15)13(21)19-12-8-16-4-5-17-12/h4-8H,15H2,1-3H3,(H,18,20)(H,17,19,21). The Labute approximate surface area is 123 Å². The van der Waals surface area contributed by atoms with Crippen LogP contribution in [0.5, 0.6) is 0 Å². The Hall–Kier alpha value is -2.54. The molecule has 0 aliphatic carbocycles. The minimum atomic E-state index is -0.292. The molecule has 0 radical (unpaired) electrons. The van der Waals surface area contributed by atoms with E-state index in [4.69, 9.17) is 5.84 Å². The van der Waals surface area contributed by atoms with Gasteiger partial charge >= 0.3 is 0 Å². The number of amides is 1. The highest BCUT2D eigenvalue weighted by atomic mass is 16.1. The molecular formula is C14H18N6O. The van der Waals surface area contributed by atoms with Crippen molar-refractivity contribution < 1.29 is 4.79 Å². The lowest BCUT2D eigenvalue weighted by Crippen LogP contribution is -2.20. The summed E-state index contributed by atoms with van der Waals surface area (Å²) in [5.41, 5.74) is 3.50. The van der Waals surface area contributed by atoms with Crippen molar-refractivity contribution in [2.24, 2.45) is 5.84 Å². The molecule has 0 spiro atoms. The molecule has 7 nitrogen and oxygen atoms in total. The number of hydrogen-bond donors (Lipinski definition) is 3. The highest BCUT2D eigenvalue weighted by Gasteiger charge is 2.19. The average Bonchev–Trinajstić information content (AvgIpc) is 2.46. The Kier molecular flexibility index (Phi) is 4.13. The van der Waals surface area contributed by atoms with E-state index in [2.05, 4.69) is 25.7 Å². The summed E-state index contributed by atoms with van der Waals surface area (Å²) in [6, 6.07) is 3.33. The molecule has 2 rings (SSSR count). The van der Waals surface area contributed by atoms with Crippen LogP contribution in [-0.2, 0) is 5.41 Å². The zero-order chi connectivity index (χ0) is 15.5. The highest BCUT2D eigenvalue weighted by molar-refractivity contribution is 6.04. The first kappa shape index (κ1) is 14.9. The van der Waals surface area contributed by atoms with Crippen LogP contribution in [-0.4, -0.2) is 20.9 Å². The van der Waals surface area contributed by atoms with E-state index in [9.17, 15) is 4.79 Å². The Balaban J connectivity index is 2.32.